The number of anilines is 1. The van der Waals surface area contributed by atoms with Gasteiger partial charge in [0.25, 0.3) is 0 Å². The Labute approximate surface area is 126 Å². The molecule has 0 aliphatic heterocycles. The van der Waals surface area contributed by atoms with E-state index in [-0.39, 0.29) is 18.7 Å². The maximum Gasteiger partial charge on any atom is 0.522 e. The first-order valence-corrected chi connectivity index (χ1v) is 6.92. The summed E-state index contributed by atoms with van der Waals surface area (Å²) >= 11 is 9.17. The quantitative estimate of drug-likeness (QED) is 0.856. The summed E-state index contributed by atoms with van der Waals surface area (Å²) in [7, 11) is 0. The predicted octanol–water partition coefficient (Wildman–Crippen LogP) is 4.36. The van der Waals surface area contributed by atoms with Gasteiger partial charge in [0.15, 0.2) is 0 Å². The van der Waals surface area contributed by atoms with Gasteiger partial charge in [0.2, 0.25) is 5.91 Å². The zero-order chi connectivity index (χ0) is 14.9. The maximum absolute atomic E-state index is 11.9. The topological polar surface area (TPSA) is 38.3 Å². The standard InChI is InChI=1S/C12H10BrClF3NO2/c13-7-1-2-10(9(14)5-7)18-11(19)6-3-8(4-6)20-12(15,16)17/h1-2,5-6,8H,3-4H2,(H,18,19). The zero-order valence-corrected chi connectivity index (χ0v) is 12.3. The zero-order valence-electron chi connectivity index (χ0n) is 10.0. The van der Waals surface area contributed by atoms with Crippen LogP contribution in [0, 0.1) is 5.92 Å². The van der Waals surface area contributed by atoms with Gasteiger partial charge in [0, 0.05) is 10.4 Å². The molecule has 110 valence electrons. The minimum absolute atomic E-state index is 0.0550. The number of alkyl halides is 3. The molecule has 0 spiro atoms. The molecule has 1 amide bonds. The van der Waals surface area contributed by atoms with E-state index in [1.807, 2.05) is 0 Å². The molecule has 0 radical (unpaired) electrons. The fourth-order valence-electron chi connectivity index (χ4n) is 1.89. The van der Waals surface area contributed by atoms with Crippen LogP contribution in [0.4, 0.5) is 18.9 Å². The summed E-state index contributed by atoms with van der Waals surface area (Å²) in [6, 6.07) is 4.94. The Kier molecular flexibility index (Phi) is 4.61. The summed E-state index contributed by atoms with van der Waals surface area (Å²) in [5.74, 6) is -0.835. The Morgan fingerprint density at radius 2 is 2.05 bits per heavy atom. The van der Waals surface area contributed by atoms with Crippen molar-refractivity contribution in [3.05, 3.63) is 27.7 Å². The van der Waals surface area contributed by atoms with Crippen LogP contribution in [-0.2, 0) is 9.53 Å². The van der Waals surface area contributed by atoms with Crippen LogP contribution in [-0.4, -0.2) is 18.4 Å². The van der Waals surface area contributed by atoms with E-state index < -0.39 is 18.4 Å². The van der Waals surface area contributed by atoms with E-state index in [1.165, 1.54) is 0 Å². The highest BCUT2D eigenvalue weighted by Gasteiger charge is 2.42. The lowest BCUT2D eigenvalue weighted by molar-refractivity contribution is -0.353. The van der Waals surface area contributed by atoms with Gasteiger partial charge < -0.3 is 5.32 Å². The van der Waals surface area contributed by atoms with Crippen LogP contribution in [0.2, 0.25) is 5.02 Å². The van der Waals surface area contributed by atoms with Gasteiger partial charge in [-0.25, -0.2) is 0 Å². The van der Waals surface area contributed by atoms with Gasteiger partial charge in [-0.2, -0.15) is 0 Å². The summed E-state index contributed by atoms with van der Waals surface area (Å²) in [6.45, 7) is 0. The van der Waals surface area contributed by atoms with Crippen molar-refractivity contribution >= 4 is 39.1 Å². The first-order valence-electron chi connectivity index (χ1n) is 5.75. The molecule has 1 aliphatic carbocycles. The molecule has 1 N–H and O–H groups in total. The van der Waals surface area contributed by atoms with Gasteiger partial charge >= 0.3 is 6.36 Å². The first kappa shape index (κ1) is 15.6. The molecule has 0 saturated heterocycles. The van der Waals surface area contributed by atoms with Crippen LogP contribution < -0.4 is 5.32 Å². The summed E-state index contributed by atoms with van der Waals surface area (Å²) < 4.78 is 40.4. The minimum atomic E-state index is -4.65. The Balaban J connectivity index is 1.85. The van der Waals surface area contributed by atoms with Crippen LogP contribution in [0.3, 0.4) is 0 Å². The average molecular weight is 373 g/mol. The van der Waals surface area contributed by atoms with E-state index in [9.17, 15) is 18.0 Å². The summed E-state index contributed by atoms with van der Waals surface area (Å²) in [5.41, 5.74) is 0.431. The van der Waals surface area contributed by atoms with Crippen LogP contribution in [0.5, 0.6) is 0 Å². The largest absolute Gasteiger partial charge is 0.522 e. The molecule has 0 unspecified atom stereocenters. The van der Waals surface area contributed by atoms with Crippen LogP contribution in [0.15, 0.2) is 22.7 Å². The molecule has 1 aromatic carbocycles. The number of ether oxygens (including phenoxy) is 1. The van der Waals surface area contributed by atoms with E-state index in [0.29, 0.717) is 10.7 Å². The maximum atomic E-state index is 11.9. The Hall–Kier alpha value is -0.790. The fraction of sp³-hybridized carbons (Fsp3) is 0.417. The lowest BCUT2D eigenvalue weighted by Crippen LogP contribution is -2.41. The molecule has 0 bridgehead atoms. The smallest absolute Gasteiger partial charge is 0.325 e. The average Bonchev–Trinajstić information content (AvgIpc) is 2.25. The molecular formula is C12H10BrClF3NO2. The molecule has 1 aliphatic rings. The first-order chi connectivity index (χ1) is 9.24. The second-order valence-electron chi connectivity index (χ2n) is 4.47. The van der Waals surface area contributed by atoms with Crippen molar-refractivity contribution in [3.63, 3.8) is 0 Å². The van der Waals surface area contributed by atoms with Crippen LogP contribution >= 0.6 is 27.5 Å². The lowest BCUT2D eigenvalue weighted by atomic mass is 9.81. The fourth-order valence-corrected chi connectivity index (χ4v) is 2.61. The molecule has 1 aromatic rings. The predicted molar refractivity (Wildman–Crippen MR) is 71.4 cm³/mol. The Morgan fingerprint density at radius 1 is 1.40 bits per heavy atom. The highest BCUT2D eigenvalue weighted by atomic mass is 79.9. The number of nitrogens with one attached hydrogen (secondary N) is 1. The summed E-state index contributed by atoms with van der Waals surface area (Å²) in [4.78, 5) is 11.8. The SMILES string of the molecule is O=C(Nc1ccc(Br)cc1Cl)C1CC(OC(F)(F)F)C1. The molecule has 0 heterocycles. The van der Waals surface area contributed by atoms with Gasteiger partial charge in [-0.1, -0.05) is 27.5 Å². The van der Waals surface area contributed by atoms with Crippen molar-refractivity contribution in [1.29, 1.82) is 0 Å². The highest BCUT2D eigenvalue weighted by molar-refractivity contribution is 9.10. The van der Waals surface area contributed by atoms with E-state index in [2.05, 4.69) is 26.0 Å². The van der Waals surface area contributed by atoms with Crippen molar-refractivity contribution < 1.29 is 22.7 Å². The molecular weight excluding hydrogens is 362 g/mol. The van der Waals surface area contributed by atoms with Crippen molar-refractivity contribution in [3.8, 4) is 0 Å². The molecule has 8 heteroatoms. The second-order valence-corrected chi connectivity index (χ2v) is 5.79. The molecule has 0 atom stereocenters. The van der Waals surface area contributed by atoms with Gasteiger partial charge in [0.1, 0.15) is 0 Å². The van der Waals surface area contributed by atoms with Gasteiger partial charge in [-0.05, 0) is 31.0 Å². The van der Waals surface area contributed by atoms with E-state index in [1.54, 1.807) is 18.2 Å². The number of rotatable bonds is 3. The van der Waals surface area contributed by atoms with Gasteiger partial charge in [-0.15, -0.1) is 13.2 Å². The van der Waals surface area contributed by atoms with Crippen LogP contribution in [0.25, 0.3) is 0 Å². The van der Waals surface area contributed by atoms with E-state index in [0.717, 1.165) is 4.47 Å². The Bertz CT molecular complexity index is 518. The second kappa shape index (κ2) is 5.91. The van der Waals surface area contributed by atoms with Crippen molar-refractivity contribution in [2.24, 2.45) is 5.92 Å². The van der Waals surface area contributed by atoms with Crippen molar-refractivity contribution in [2.45, 2.75) is 25.3 Å². The highest BCUT2D eigenvalue weighted by Crippen LogP contribution is 2.36. The van der Waals surface area contributed by atoms with Gasteiger partial charge in [-0.3, -0.25) is 9.53 Å². The third-order valence-corrected chi connectivity index (χ3v) is 3.76. The van der Waals surface area contributed by atoms with Crippen molar-refractivity contribution in [1.82, 2.24) is 0 Å². The summed E-state index contributed by atoms with van der Waals surface area (Å²) in [6.07, 6.45) is -5.48. The number of benzene rings is 1. The molecule has 2 rings (SSSR count). The molecule has 1 saturated carbocycles. The molecule has 1 fully saturated rings. The molecule has 20 heavy (non-hydrogen) atoms. The van der Waals surface area contributed by atoms with E-state index in [4.69, 9.17) is 11.6 Å². The number of halogens is 5. The lowest BCUT2D eigenvalue weighted by Gasteiger charge is -2.34. The monoisotopic (exact) mass is 371 g/mol. The summed E-state index contributed by atoms with van der Waals surface area (Å²) in [5, 5.41) is 2.95. The minimum Gasteiger partial charge on any atom is -0.325 e. The third kappa shape index (κ3) is 4.10. The number of amides is 1. The van der Waals surface area contributed by atoms with Crippen LogP contribution in [0.1, 0.15) is 12.8 Å². The normalized spacial score (nSPS) is 22.2. The Morgan fingerprint density at radius 3 is 2.60 bits per heavy atom. The number of hydrogen-bond donors (Lipinski definition) is 1. The molecule has 3 nitrogen and oxygen atoms in total. The molecule has 0 aromatic heterocycles. The van der Waals surface area contributed by atoms with Crippen molar-refractivity contribution in [2.75, 3.05) is 5.32 Å². The number of hydrogen-bond acceptors (Lipinski definition) is 2. The van der Waals surface area contributed by atoms with E-state index >= 15 is 0 Å². The van der Waals surface area contributed by atoms with Gasteiger partial charge in [0.05, 0.1) is 16.8 Å². The number of carbonyl (C=O) groups excluding carboxylic acids is 1. The third-order valence-electron chi connectivity index (χ3n) is 2.95. The number of carbonyl (C=O) groups is 1.